The van der Waals surface area contributed by atoms with E-state index in [0.717, 1.165) is 0 Å². The Balaban J connectivity index is 3.11. The van der Waals surface area contributed by atoms with Crippen molar-refractivity contribution in [2.45, 2.75) is 13.8 Å². The molecule has 0 atom stereocenters. The van der Waals surface area contributed by atoms with E-state index in [1.165, 1.54) is 33.0 Å². The minimum Gasteiger partial charge on any atom is -0.495 e. The molecule has 1 N–H and O–H groups in total. The van der Waals surface area contributed by atoms with E-state index in [0.29, 0.717) is 35.3 Å². The molecule has 0 spiro atoms. The number of benzene rings is 1. The molecule has 21 heavy (non-hydrogen) atoms. The standard InChI is InChI=1S/C14H19ClN2O4/c1-9(18)16-5-6-17(10(2)19)12-8-13(20-3)11(15)7-14(12)21-4/h7-8H,5-6H2,1-4H3,(H,16,18). The van der Waals surface area contributed by atoms with E-state index >= 15 is 0 Å². The van der Waals surface area contributed by atoms with Gasteiger partial charge in [-0.05, 0) is 0 Å². The summed E-state index contributed by atoms with van der Waals surface area (Å²) in [5, 5.41) is 3.04. The second-order valence-electron chi connectivity index (χ2n) is 4.31. The third-order valence-corrected chi connectivity index (χ3v) is 3.13. The number of ether oxygens (including phenoxy) is 2. The van der Waals surface area contributed by atoms with Gasteiger partial charge in [0.1, 0.15) is 11.5 Å². The molecule has 1 rings (SSSR count). The summed E-state index contributed by atoms with van der Waals surface area (Å²) in [5.74, 6) is 0.569. The highest BCUT2D eigenvalue weighted by molar-refractivity contribution is 6.32. The van der Waals surface area contributed by atoms with Crippen LogP contribution in [0.1, 0.15) is 13.8 Å². The molecule has 1 aromatic carbocycles. The number of carbonyl (C=O) groups excluding carboxylic acids is 2. The zero-order valence-corrected chi connectivity index (χ0v) is 13.3. The number of nitrogens with one attached hydrogen (secondary N) is 1. The van der Waals surface area contributed by atoms with Crippen LogP contribution in [0.2, 0.25) is 5.02 Å². The fourth-order valence-electron chi connectivity index (χ4n) is 1.85. The van der Waals surface area contributed by atoms with Gasteiger partial charge in [-0.25, -0.2) is 0 Å². The van der Waals surface area contributed by atoms with E-state index in [1.807, 2.05) is 0 Å². The third-order valence-electron chi connectivity index (χ3n) is 2.83. The Morgan fingerprint density at radius 1 is 1.19 bits per heavy atom. The Morgan fingerprint density at radius 2 is 1.81 bits per heavy atom. The summed E-state index contributed by atoms with van der Waals surface area (Å²) < 4.78 is 10.4. The first-order chi connectivity index (χ1) is 9.90. The molecule has 7 heteroatoms. The summed E-state index contributed by atoms with van der Waals surface area (Å²) in [4.78, 5) is 24.3. The van der Waals surface area contributed by atoms with Crippen molar-refractivity contribution >= 4 is 29.1 Å². The van der Waals surface area contributed by atoms with Gasteiger partial charge in [0.2, 0.25) is 11.8 Å². The van der Waals surface area contributed by atoms with E-state index in [-0.39, 0.29) is 11.8 Å². The van der Waals surface area contributed by atoms with Crippen LogP contribution < -0.4 is 19.7 Å². The number of methoxy groups -OCH3 is 2. The highest BCUT2D eigenvalue weighted by Crippen LogP contribution is 2.38. The quantitative estimate of drug-likeness (QED) is 0.870. The number of halogens is 1. The average molecular weight is 315 g/mol. The van der Waals surface area contributed by atoms with Crippen molar-refractivity contribution in [1.82, 2.24) is 5.32 Å². The van der Waals surface area contributed by atoms with Crippen LogP contribution in [0.15, 0.2) is 12.1 Å². The highest BCUT2D eigenvalue weighted by atomic mass is 35.5. The monoisotopic (exact) mass is 314 g/mol. The molecule has 0 bridgehead atoms. The summed E-state index contributed by atoms with van der Waals surface area (Å²) in [5.41, 5.74) is 0.539. The largest absolute Gasteiger partial charge is 0.495 e. The van der Waals surface area contributed by atoms with Gasteiger partial charge in [0.15, 0.2) is 0 Å². The summed E-state index contributed by atoms with van der Waals surface area (Å²) in [6.45, 7) is 3.51. The molecule has 0 aliphatic rings. The van der Waals surface area contributed by atoms with Crippen molar-refractivity contribution < 1.29 is 19.1 Å². The van der Waals surface area contributed by atoms with Gasteiger partial charge >= 0.3 is 0 Å². The van der Waals surface area contributed by atoms with Crippen molar-refractivity contribution in [3.8, 4) is 11.5 Å². The summed E-state index contributed by atoms with van der Waals surface area (Å²) in [7, 11) is 2.99. The van der Waals surface area contributed by atoms with Crippen molar-refractivity contribution in [2.75, 3.05) is 32.2 Å². The first kappa shape index (κ1) is 17.1. The Bertz CT molecular complexity index is 534. The van der Waals surface area contributed by atoms with Gasteiger partial charge in [0.05, 0.1) is 24.9 Å². The number of carbonyl (C=O) groups is 2. The van der Waals surface area contributed by atoms with Crippen LogP contribution in [0, 0.1) is 0 Å². The summed E-state index contributed by atoms with van der Waals surface area (Å²) in [6.07, 6.45) is 0. The van der Waals surface area contributed by atoms with Gasteiger partial charge in [0.25, 0.3) is 0 Å². The van der Waals surface area contributed by atoms with Gasteiger partial charge in [-0.1, -0.05) is 11.6 Å². The highest BCUT2D eigenvalue weighted by Gasteiger charge is 2.19. The molecule has 0 saturated carbocycles. The lowest BCUT2D eigenvalue weighted by molar-refractivity contribution is -0.119. The fourth-order valence-corrected chi connectivity index (χ4v) is 2.08. The van der Waals surface area contributed by atoms with E-state index in [9.17, 15) is 9.59 Å². The minimum atomic E-state index is -0.178. The number of amides is 2. The first-order valence-electron chi connectivity index (χ1n) is 6.34. The molecular weight excluding hydrogens is 296 g/mol. The zero-order chi connectivity index (χ0) is 16.0. The number of nitrogens with zero attached hydrogens (tertiary/aromatic N) is 1. The molecule has 2 amide bonds. The SMILES string of the molecule is COc1cc(N(CCNC(C)=O)C(C)=O)c(OC)cc1Cl. The molecule has 0 radical (unpaired) electrons. The van der Waals surface area contributed by atoms with Crippen molar-refractivity contribution in [1.29, 1.82) is 0 Å². The van der Waals surface area contributed by atoms with Crippen LogP contribution in [-0.2, 0) is 9.59 Å². The minimum absolute atomic E-state index is 0.154. The second-order valence-corrected chi connectivity index (χ2v) is 4.72. The lowest BCUT2D eigenvalue weighted by Crippen LogP contribution is -2.37. The number of hydrogen-bond donors (Lipinski definition) is 1. The number of rotatable bonds is 6. The molecular formula is C14H19ClN2O4. The number of anilines is 1. The molecule has 0 aliphatic carbocycles. The maximum absolute atomic E-state index is 11.9. The van der Waals surface area contributed by atoms with Crippen LogP contribution in [0.25, 0.3) is 0 Å². The molecule has 0 saturated heterocycles. The first-order valence-corrected chi connectivity index (χ1v) is 6.72. The molecule has 0 aliphatic heterocycles. The smallest absolute Gasteiger partial charge is 0.224 e. The normalized spacial score (nSPS) is 9.95. The summed E-state index contributed by atoms with van der Waals surface area (Å²) in [6, 6.07) is 3.22. The molecule has 116 valence electrons. The maximum atomic E-state index is 11.9. The Labute approximate surface area is 129 Å². The molecule has 1 aromatic rings. The third kappa shape index (κ3) is 4.53. The van der Waals surface area contributed by atoms with E-state index in [1.54, 1.807) is 12.1 Å². The van der Waals surface area contributed by atoms with Gasteiger partial charge in [-0.2, -0.15) is 0 Å². The van der Waals surface area contributed by atoms with Gasteiger partial charge in [-0.3, -0.25) is 9.59 Å². The van der Waals surface area contributed by atoms with E-state index in [2.05, 4.69) is 5.32 Å². The number of hydrogen-bond acceptors (Lipinski definition) is 4. The zero-order valence-electron chi connectivity index (χ0n) is 12.5. The Hall–Kier alpha value is -1.95. The van der Waals surface area contributed by atoms with E-state index in [4.69, 9.17) is 21.1 Å². The molecule has 0 fully saturated rings. The molecule has 0 heterocycles. The van der Waals surface area contributed by atoms with Gasteiger partial charge in [-0.15, -0.1) is 0 Å². The van der Waals surface area contributed by atoms with Crippen molar-refractivity contribution in [3.63, 3.8) is 0 Å². The van der Waals surface area contributed by atoms with Crippen LogP contribution in [0.4, 0.5) is 5.69 Å². The lowest BCUT2D eigenvalue weighted by Gasteiger charge is -2.24. The van der Waals surface area contributed by atoms with Crippen molar-refractivity contribution in [2.24, 2.45) is 0 Å². The fraction of sp³-hybridized carbons (Fsp3) is 0.429. The summed E-state index contributed by atoms with van der Waals surface area (Å²) >= 11 is 6.04. The second kappa shape index (κ2) is 7.73. The lowest BCUT2D eigenvalue weighted by atomic mass is 10.2. The Kier molecular flexibility index (Phi) is 6.30. The average Bonchev–Trinajstić information content (AvgIpc) is 2.43. The topological polar surface area (TPSA) is 67.9 Å². The molecule has 0 unspecified atom stereocenters. The van der Waals surface area contributed by atoms with Crippen LogP contribution in [0.3, 0.4) is 0 Å². The van der Waals surface area contributed by atoms with Crippen LogP contribution in [-0.4, -0.2) is 39.1 Å². The molecule has 6 nitrogen and oxygen atoms in total. The van der Waals surface area contributed by atoms with Crippen LogP contribution >= 0.6 is 11.6 Å². The predicted octanol–water partition coefficient (Wildman–Crippen LogP) is 1.85. The van der Waals surface area contributed by atoms with Crippen molar-refractivity contribution in [3.05, 3.63) is 17.2 Å². The maximum Gasteiger partial charge on any atom is 0.224 e. The van der Waals surface area contributed by atoms with Gasteiger partial charge in [0, 0.05) is 39.1 Å². The Morgan fingerprint density at radius 3 is 2.29 bits per heavy atom. The van der Waals surface area contributed by atoms with Crippen LogP contribution in [0.5, 0.6) is 11.5 Å². The van der Waals surface area contributed by atoms with Gasteiger partial charge < -0.3 is 19.7 Å². The molecule has 0 aromatic heterocycles. The predicted molar refractivity (Wildman–Crippen MR) is 81.3 cm³/mol. The van der Waals surface area contributed by atoms with E-state index < -0.39 is 0 Å².